The van der Waals surface area contributed by atoms with Gasteiger partial charge in [0.05, 0.1) is 5.56 Å². The van der Waals surface area contributed by atoms with Gasteiger partial charge in [-0.3, -0.25) is 4.79 Å². The summed E-state index contributed by atoms with van der Waals surface area (Å²) in [7, 11) is 3.92. The van der Waals surface area contributed by atoms with E-state index in [0.717, 1.165) is 6.42 Å². The Morgan fingerprint density at radius 3 is 2.33 bits per heavy atom. The first-order chi connectivity index (χ1) is 9.65. The summed E-state index contributed by atoms with van der Waals surface area (Å²) in [6, 6.07) is 1.41. The highest BCUT2D eigenvalue weighted by atomic mass is 16.4. The number of aromatic carboxylic acids is 1. The van der Waals surface area contributed by atoms with Crippen molar-refractivity contribution in [2.24, 2.45) is 5.92 Å². The molecule has 0 fully saturated rings. The second-order valence-electron chi connectivity index (χ2n) is 6.35. The van der Waals surface area contributed by atoms with E-state index >= 15 is 0 Å². The fraction of sp³-hybridized carbons (Fsp3) is 0.625. The minimum Gasteiger partial charge on any atom is -0.478 e. The van der Waals surface area contributed by atoms with E-state index in [1.54, 1.807) is 18.4 Å². The summed E-state index contributed by atoms with van der Waals surface area (Å²) < 4.78 is 1.65. The van der Waals surface area contributed by atoms with Gasteiger partial charge in [-0.15, -0.1) is 0 Å². The summed E-state index contributed by atoms with van der Waals surface area (Å²) in [5.41, 5.74) is 1.18. The lowest BCUT2D eigenvalue weighted by Gasteiger charge is -2.27. The Labute approximate surface area is 126 Å². The molecule has 1 unspecified atom stereocenters. The lowest BCUT2D eigenvalue weighted by molar-refractivity contribution is 0.0693. The average Bonchev–Trinajstić information content (AvgIpc) is 2.24. The maximum absolute atomic E-state index is 12.4. The van der Waals surface area contributed by atoms with Crippen LogP contribution in [0.5, 0.6) is 0 Å². The highest BCUT2D eigenvalue weighted by Gasteiger charge is 2.22. The zero-order chi connectivity index (χ0) is 16.3. The van der Waals surface area contributed by atoms with Gasteiger partial charge in [0.2, 0.25) is 0 Å². The number of aryl methyl sites for hydroxylation is 1. The predicted molar refractivity (Wildman–Crippen MR) is 84.2 cm³/mol. The van der Waals surface area contributed by atoms with Crippen molar-refractivity contribution in [1.82, 2.24) is 9.47 Å². The average molecular weight is 294 g/mol. The number of carboxylic acid groups (broad SMARTS) is 1. The third-order valence-electron chi connectivity index (χ3n) is 3.59. The Kier molecular flexibility index (Phi) is 5.72. The zero-order valence-corrected chi connectivity index (χ0v) is 13.8. The first kappa shape index (κ1) is 17.4. The van der Waals surface area contributed by atoms with Gasteiger partial charge in [0.25, 0.3) is 5.56 Å². The van der Waals surface area contributed by atoms with Gasteiger partial charge in [0.1, 0.15) is 0 Å². The molecule has 1 rings (SSSR count). The van der Waals surface area contributed by atoms with Crippen LogP contribution in [-0.4, -0.2) is 41.2 Å². The van der Waals surface area contributed by atoms with Crippen LogP contribution in [-0.2, 0) is 0 Å². The van der Waals surface area contributed by atoms with Crippen molar-refractivity contribution in [1.29, 1.82) is 0 Å². The minimum atomic E-state index is -0.980. The van der Waals surface area contributed by atoms with E-state index in [-0.39, 0.29) is 17.2 Å². The summed E-state index contributed by atoms with van der Waals surface area (Å²) in [4.78, 5) is 25.9. The highest BCUT2D eigenvalue weighted by molar-refractivity contribution is 5.90. The molecule has 0 bridgehead atoms. The van der Waals surface area contributed by atoms with Crippen LogP contribution in [0.15, 0.2) is 10.9 Å². The minimum absolute atomic E-state index is 0.0220. The first-order valence-corrected chi connectivity index (χ1v) is 7.25. The third-order valence-corrected chi connectivity index (χ3v) is 3.59. The van der Waals surface area contributed by atoms with Crippen molar-refractivity contribution in [3.63, 3.8) is 0 Å². The van der Waals surface area contributed by atoms with Gasteiger partial charge in [-0.1, -0.05) is 13.8 Å². The SMILES string of the molecule is Cc1cc(=O)n(C(CC(C)C)CN(C)C)c(C)c1C(=O)O. The smallest absolute Gasteiger partial charge is 0.337 e. The monoisotopic (exact) mass is 294 g/mol. The number of pyridine rings is 1. The largest absolute Gasteiger partial charge is 0.478 e. The Morgan fingerprint density at radius 1 is 1.33 bits per heavy atom. The fourth-order valence-electron chi connectivity index (χ4n) is 2.90. The van der Waals surface area contributed by atoms with Gasteiger partial charge in [0, 0.05) is 24.3 Å². The maximum atomic E-state index is 12.4. The van der Waals surface area contributed by atoms with Crippen LogP contribution in [0.2, 0.25) is 0 Å². The number of aromatic nitrogens is 1. The zero-order valence-electron chi connectivity index (χ0n) is 13.8. The van der Waals surface area contributed by atoms with E-state index in [1.165, 1.54) is 6.07 Å². The number of rotatable bonds is 6. The molecule has 0 radical (unpaired) electrons. The van der Waals surface area contributed by atoms with Crippen LogP contribution in [0, 0.1) is 19.8 Å². The van der Waals surface area contributed by atoms with Gasteiger partial charge in [-0.05, 0) is 45.8 Å². The van der Waals surface area contributed by atoms with Crippen molar-refractivity contribution in [3.8, 4) is 0 Å². The molecule has 1 aromatic heterocycles. The van der Waals surface area contributed by atoms with E-state index in [4.69, 9.17) is 0 Å². The van der Waals surface area contributed by atoms with Crippen LogP contribution < -0.4 is 5.56 Å². The second kappa shape index (κ2) is 6.89. The molecule has 0 aliphatic carbocycles. The number of hydrogen-bond acceptors (Lipinski definition) is 3. The molecule has 1 aromatic rings. The predicted octanol–water partition coefficient (Wildman–Crippen LogP) is 2.31. The molecule has 1 N–H and O–H groups in total. The van der Waals surface area contributed by atoms with Gasteiger partial charge < -0.3 is 14.6 Å². The molecule has 0 aliphatic heterocycles. The number of likely N-dealkylation sites (N-methyl/N-ethyl adjacent to an activating group) is 1. The number of carbonyl (C=O) groups is 1. The van der Waals surface area contributed by atoms with Crippen LogP contribution in [0.3, 0.4) is 0 Å². The summed E-state index contributed by atoms with van der Waals surface area (Å²) in [5, 5.41) is 9.38. The van der Waals surface area contributed by atoms with Crippen LogP contribution >= 0.6 is 0 Å². The highest BCUT2D eigenvalue weighted by Crippen LogP contribution is 2.21. The maximum Gasteiger partial charge on any atom is 0.337 e. The molecule has 0 saturated heterocycles. The van der Waals surface area contributed by atoms with Crippen LogP contribution in [0.1, 0.15) is 47.9 Å². The van der Waals surface area contributed by atoms with Crippen molar-refractivity contribution in [2.75, 3.05) is 20.6 Å². The Bertz CT molecular complexity index is 564. The summed E-state index contributed by atoms with van der Waals surface area (Å²) in [6.07, 6.45) is 0.834. The molecular weight excluding hydrogens is 268 g/mol. The van der Waals surface area contributed by atoms with E-state index in [2.05, 4.69) is 13.8 Å². The molecule has 1 atom stereocenters. The molecule has 0 saturated carbocycles. The normalized spacial score (nSPS) is 13.0. The molecular formula is C16H26N2O3. The van der Waals surface area contributed by atoms with Crippen molar-refractivity contribution >= 4 is 5.97 Å². The van der Waals surface area contributed by atoms with E-state index in [1.807, 2.05) is 19.0 Å². The van der Waals surface area contributed by atoms with E-state index in [9.17, 15) is 14.7 Å². The van der Waals surface area contributed by atoms with Gasteiger partial charge in [0.15, 0.2) is 0 Å². The lowest BCUT2D eigenvalue weighted by atomic mass is 10.0. The standard InChI is InChI=1S/C16H26N2O3/c1-10(2)7-13(9-17(5)6)18-12(4)15(16(20)21)11(3)8-14(18)19/h8,10,13H,7,9H2,1-6H3,(H,20,21). The number of nitrogens with zero attached hydrogens (tertiary/aromatic N) is 2. The van der Waals surface area contributed by atoms with Crippen molar-refractivity contribution in [3.05, 3.63) is 33.2 Å². The third kappa shape index (κ3) is 4.17. The molecule has 0 amide bonds. The van der Waals surface area contributed by atoms with E-state index < -0.39 is 5.97 Å². The molecule has 0 aliphatic rings. The quantitative estimate of drug-likeness (QED) is 0.874. The number of carboxylic acids is 1. The molecule has 0 aromatic carbocycles. The van der Waals surface area contributed by atoms with Crippen molar-refractivity contribution < 1.29 is 9.90 Å². The second-order valence-corrected chi connectivity index (χ2v) is 6.35. The summed E-state index contributed by atoms with van der Waals surface area (Å²) >= 11 is 0. The van der Waals surface area contributed by atoms with E-state index in [0.29, 0.717) is 23.7 Å². The molecule has 0 spiro atoms. The molecule has 5 heteroatoms. The number of hydrogen-bond donors (Lipinski definition) is 1. The molecule has 1 heterocycles. The Morgan fingerprint density at radius 2 is 1.90 bits per heavy atom. The lowest BCUT2D eigenvalue weighted by Crippen LogP contribution is -2.35. The Hall–Kier alpha value is -1.62. The summed E-state index contributed by atoms with van der Waals surface area (Å²) in [6.45, 7) is 8.32. The topological polar surface area (TPSA) is 62.5 Å². The molecule has 21 heavy (non-hydrogen) atoms. The van der Waals surface area contributed by atoms with Gasteiger partial charge in [-0.25, -0.2) is 4.79 Å². The van der Waals surface area contributed by atoms with Crippen LogP contribution in [0.4, 0.5) is 0 Å². The fourth-order valence-corrected chi connectivity index (χ4v) is 2.90. The molecule has 5 nitrogen and oxygen atoms in total. The first-order valence-electron chi connectivity index (χ1n) is 7.25. The molecule has 118 valence electrons. The van der Waals surface area contributed by atoms with Gasteiger partial charge in [-0.2, -0.15) is 0 Å². The summed E-state index contributed by atoms with van der Waals surface area (Å²) in [5.74, 6) is -0.553. The van der Waals surface area contributed by atoms with Gasteiger partial charge >= 0.3 is 5.97 Å². The van der Waals surface area contributed by atoms with Crippen molar-refractivity contribution in [2.45, 2.75) is 40.2 Å². The Balaban J connectivity index is 3.46. The van der Waals surface area contributed by atoms with Crippen LogP contribution in [0.25, 0.3) is 0 Å².